The first kappa shape index (κ1) is 20.7. The van der Waals surface area contributed by atoms with Crippen molar-refractivity contribution >= 4 is 24.8 Å². The molecule has 1 spiro atoms. The summed E-state index contributed by atoms with van der Waals surface area (Å²) < 4.78 is 6.04. The van der Waals surface area contributed by atoms with Crippen LogP contribution in [0, 0.1) is 0 Å². The van der Waals surface area contributed by atoms with Gasteiger partial charge in [0, 0.05) is 51.0 Å². The zero-order valence-corrected chi connectivity index (χ0v) is 15.6. The second kappa shape index (κ2) is 9.84. The highest BCUT2D eigenvalue weighted by Crippen LogP contribution is 2.28. The molecule has 1 aromatic rings. The van der Waals surface area contributed by atoms with Crippen molar-refractivity contribution in [3.63, 3.8) is 0 Å². The van der Waals surface area contributed by atoms with Gasteiger partial charge in [-0.15, -0.1) is 24.8 Å². The highest BCUT2D eigenvalue weighted by Gasteiger charge is 2.36. The van der Waals surface area contributed by atoms with E-state index in [0.717, 1.165) is 64.4 Å². The van der Waals surface area contributed by atoms with E-state index in [1.165, 1.54) is 18.5 Å². The lowest BCUT2D eigenvalue weighted by Gasteiger charge is -2.44. The minimum absolute atomic E-state index is 0. The first-order chi connectivity index (χ1) is 10.3. The number of hydrogen-bond acceptors (Lipinski definition) is 4. The van der Waals surface area contributed by atoms with Gasteiger partial charge in [-0.25, -0.2) is 4.98 Å². The van der Waals surface area contributed by atoms with Crippen LogP contribution in [-0.2, 0) is 17.7 Å². The quantitative estimate of drug-likeness (QED) is 0.842. The lowest BCUT2D eigenvalue weighted by molar-refractivity contribution is -0.101. The number of likely N-dealkylation sites (tertiary alicyclic amines) is 1. The van der Waals surface area contributed by atoms with E-state index in [1.807, 2.05) is 6.20 Å². The van der Waals surface area contributed by atoms with Crippen molar-refractivity contribution in [2.45, 2.75) is 51.2 Å². The lowest BCUT2D eigenvalue weighted by atomic mass is 9.90. The number of aryl methyl sites for hydroxylation is 1. The normalized spacial score (nSPS) is 20.7. The summed E-state index contributed by atoms with van der Waals surface area (Å²) in [6.45, 7) is 8.32. The number of nitrogens with one attached hydrogen (secondary N) is 2. The van der Waals surface area contributed by atoms with Gasteiger partial charge in [-0.1, -0.05) is 13.3 Å². The average molecular weight is 365 g/mol. The van der Waals surface area contributed by atoms with E-state index < -0.39 is 0 Å². The minimum Gasteiger partial charge on any atom is -0.372 e. The fourth-order valence-corrected chi connectivity index (χ4v) is 3.34. The van der Waals surface area contributed by atoms with E-state index in [0.29, 0.717) is 0 Å². The molecular formula is C16H30Cl2N4O. The monoisotopic (exact) mass is 364 g/mol. The smallest absolute Gasteiger partial charge is 0.106 e. The third-order valence-electron chi connectivity index (χ3n) is 4.74. The maximum Gasteiger partial charge on any atom is 0.106 e. The highest BCUT2D eigenvalue weighted by molar-refractivity contribution is 5.85. The van der Waals surface area contributed by atoms with Crippen LogP contribution in [0.3, 0.4) is 0 Å². The van der Waals surface area contributed by atoms with Crippen molar-refractivity contribution in [1.29, 1.82) is 0 Å². The molecule has 2 N–H and O–H groups in total. The van der Waals surface area contributed by atoms with Gasteiger partial charge in [-0.05, 0) is 19.3 Å². The molecular weight excluding hydrogens is 335 g/mol. The molecule has 1 aromatic heterocycles. The lowest BCUT2D eigenvalue weighted by Crippen LogP contribution is -2.55. The van der Waals surface area contributed by atoms with Crippen molar-refractivity contribution < 1.29 is 4.74 Å². The first-order valence-corrected chi connectivity index (χ1v) is 8.39. The number of nitrogens with zero attached hydrogens (tertiary/aromatic N) is 2. The topological polar surface area (TPSA) is 53.2 Å². The second-order valence-corrected chi connectivity index (χ2v) is 6.44. The number of piperidine rings is 1. The number of H-pyrrole nitrogens is 1. The Morgan fingerprint density at radius 1 is 1.30 bits per heavy atom. The van der Waals surface area contributed by atoms with Crippen molar-refractivity contribution in [2.75, 3.05) is 32.8 Å². The predicted octanol–water partition coefficient (Wildman–Crippen LogP) is 2.55. The Bertz CT molecular complexity index is 439. The minimum atomic E-state index is 0. The van der Waals surface area contributed by atoms with Crippen LogP contribution in [0.2, 0.25) is 0 Å². The van der Waals surface area contributed by atoms with Crippen molar-refractivity contribution in [3.05, 3.63) is 17.7 Å². The molecule has 0 radical (unpaired) electrons. The number of morpholine rings is 1. The predicted molar refractivity (Wildman–Crippen MR) is 97.8 cm³/mol. The van der Waals surface area contributed by atoms with E-state index in [-0.39, 0.29) is 30.4 Å². The van der Waals surface area contributed by atoms with E-state index in [4.69, 9.17) is 4.74 Å². The summed E-state index contributed by atoms with van der Waals surface area (Å²) in [5.74, 6) is 1.14. The van der Waals surface area contributed by atoms with Gasteiger partial charge in [-0.2, -0.15) is 0 Å². The highest BCUT2D eigenvalue weighted by atomic mass is 35.5. The number of ether oxygens (including phenoxy) is 1. The fourth-order valence-electron chi connectivity index (χ4n) is 3.34. The molecule has 2 aliphatic heterocycles. The van der Waals surface area contributed by atoms with Gasteiger partial charge in [0.2, 0.25) is 0 Å². The third kappa shape index (κ3) is 5.61. The molecule has 3 heterocycles. The summed E-state index contributed by atoms with van der Waals surface area (Å²) in [6, 6.07) is 0. The van der Waals surface area contributed by atoms with E-state index in [1.54, 1.807) is 0 Å². The van der Waals surface area contributed by atoms with Gasteiger partial charge in [0.05, 0.1) is 12.2 Å². The van der Waals surface area contributed by atoms with E-state index in [2.05, 4.69) is 27.1 Å². The van der Waals surface area contributed by atoms with Gasteiger partial charge in [-0.3, -0.25) is 4.90 Å². The summed E-state index contributed by atoms with van der Waals surface area (Å²) in [4.78, 5) is 10.5. The Morgan fingerprint density at radius 3 is 2.74 bits per heavy atom. The molecule has 23 heavy (non-hydrogen) atoms. The summed E-state index contributed by atoms with van der Waals surface area (Å²) in [7, 11) is 0. The van der Waals surface area contributed by atoms with Crippen LogP contribution >= 0.6 is 24.8 Å². The number of rotatable bonds is 5. The molecule has 0 aromatic carbocycles. The van der Waals surface area contributed by atoms with Crippen molar-refractivity contribution in [3.8, 4) is 0 Å². The fraction of sp³-hybridized carbons (Fsp3) is 0.812. The molecule has 134 valence electrons. The molecule has 2 fully saturated rings. The van der Waals surface area contributed by atoms with Crippen LogP contribution in [0.4, 0.5) is 0 Å². The Kier molecular flexibility index (Phi) is 8.86. The summed E-state index contributed by atoms with van der Waals surface area (Å²) in [5.41, 5.74) is 1.36. The number of halogens is 2. The van der Waals surface area contributed by atoms with Crippen LogP contribution in [0.15, 0.2) is 6.20 Å². The summed E-state index contributed by atoms with van der Waals surface area (Å²) in [5, 5.41) is 3.47. The molecule has 3 rings (SSSR count). The standard InChI is InChI=1S/C16H28N4O.2ClH/c1-2-3-4-15-18-11-14(19-15)12-20-8-5-16(6-9-20)13-17-7-10-21-16;;/h11,17H,2-10,12-13H2,1H3,(H,18,19);2*1H. The van der Waals surface area contributed by atoms with Gasteiger partial charge < -0.3 is 15.0 Å². The van der Waals surface area contributed by atoms with E-state index >= 15 is 0 Å². The van der Waals surface area contributed by atoms with Crippen LogP contribution in [0.1, 0.15) is 44.1 Å². The first-order valence-electron chi connectivity index (χ1n) is 8.39. The molecule has 0 atom stereocenters. The van der Waals surface area contributed by atoms with Gasteiger partial charge in [0.15, 0.2) is 0 Å². The van der Waals surface area contributed by atoms with Crippen LogP contribution < -0.4 is 5.32 Å². The van der Waals surface area contributed by atoms with Crippen molar-refractivity contribution in [2.24, 2.45) is 0 Å². The second-order valence-electron chi connectivity index (χ2n) is 6.44. The van der Waals surface area contributed by atoms with Gasteiger partial charge >= 0.3 is 0 Å². The maximum atomic E-state index is 6.04. The largest absolute Gasteiger partial charge is 0.372 e. The number of hydrogen-bond donors (Lipinski definition) is 2. The molecule has 0 saturated carbocycles. The zero-order valence-electron chi connectivity index (χ0n) is 14.0. The molecule has 0 aliphatic carbocycles. The van der Waals surface area contributed by atoms with E-state index in [9.17, 15) is 0 Å². The summed E-state index contributed by atoms with van der Waals surface area (Å²) >= 11 is 0. The molecule has 7 heteroatoms. The number of unbranched alkanes of at least 4 members (excludes halogenated alkanes) is 1. The molecule has 0 bridgehead atoms. The zero-order chi connectivity index (χ0) is 14.5. The van der Waals surface area contributed by atoms with Crippen LogP contribution in [0.25, 0.3) is 0 Å². The molecule has 2 aliphatic rings. The van der Waals surface area contributed by atoms with Gasteiger partial charge in [0.25, 0.3) is 0 Å². The van der Waals surface area contributed by atoms with Crippen molar-refractivity contribution in [1.82, 2.24) is 20.2 Å². The Balaban J connectivity index is 0.00000132. The Hall–Kier alpha value is -0.330. The Morgan fingerprint density at radius 2 is 2.09 bits per heavy atom. The average Bonchev–Trinajstić information content (AvgIpc) is 2.96. The summed E-state index contributed by atoms with van der Waals surface area (Å²) in [6.07, 6.45) is 7.78. The third-order valence-corrected chi connectivity index (χ3v) is 4.74. The Labute approximate surface area is 151 Å². The number of aromatic nitrogens is 2. The number of imidazole rings is 1. The molecule has 5 nitrogen and oxygen atoms in total. The molecule has 2 saturated heterocycles. The van der Waals surface area contributed by atoms with Crippen LogP contribution in [0.5, 0.6) is 0 Å². The molecule has 0 unspecified atom stereocenters. The van der Waals surface area contributed by atoms with Gasteiger partial charge in [0.1, 0.15) is 5.82 Å². The maximum absolute atomic E-state index is 6.04. The number of aromatic amines is 1. The SMILES string of the molecule is CCCCc1ncc(CN2CCC3(CC2)CNCCO3)[nH]1.Cl.Cl. The molecule has 0 amide bonds. The van der Waals surface area contributed by atoms with Crippen LogP contribution in [-0.4, -0.2) is 53.3 Å².